The van der Waals surface area contributed by atoms with Gasteiger partial charge < -0.3 is 14.5 Å². The Morgan fingerprint density at radius 3 is 2.40 bits per heavy atom. The fraction of sp³-hybridized carbons (Fsp3) is 0.121. The van der Waals surface area contributed by atoms with Crippen molar-refractivity contribution < 1.29 is 14.3 Å². The van der Waals surface area contributed by atoms with Crippen LogP contribution in [0.25, 0.3) is 22.0 Å². The Bertz CT molecular complexity index is 1920. The Morgan fingerprint density at radius 1 is 0.905 bits per heavy atom. The van der Waals surface area contributed by atoms with Gasteiger partial charge in [0.05, 0.1) is 42.1 Å². The van der Waals surface area contributed by atoms with Crippen molar-refractivity contribution in [2.75, 3.05) is 14.2 Å². The van der Waals surface area contributed by atoms with Gasteiger partial charge >= 0.3 is 0 Å². The molecule has 210 valence electrons. The number of nitrogens with one attached hydrogen (secondary N) is 1. The summed E-state index contributed by atoms with van der Waals surface area (Å²) in [7, 11) is 3.13. The molecule has 0 bridgehead atoms. The van der Waals surface area contributed by atoms with E-state index in [4.69, 9.17) is 37.8 Å². The molecular weight excluding hydrogens is 573 g/mol. The molecule has 0 saturated heterocycles. The minimum absolute atomic E-state index is 0.231. The summed E-state index contributed by atoms with van der Waals surface area (Å²) in [6, 6.07) is 26.5. The standard InChI is InChI=1S/C33H25Cl2N3O4/c1-41-21-13-15-29(42-2)24(17-21)28-18-27(37-38(28)33(40)22-10-6-7-11-25(22)35)31-30(19-8-4-3-5-9-19)23-16-20(34)12-14-26(23)36-32(31)39/h3-17,28H,18H2,1-2H3,(H,36,39)/t28-/m1/s1. The summed E-state index contributed by atoms with van der Waals surface area (Å²) in [6.45, 7) is 0. The molecule has 0 fully saturated rings. The number of pyridine rings is 1. The number of nitrogens with zero attached hydrogens (tertiary/aromatic N) is 2. The van der Waals surface area contributed by atoms with Gasteiger partial charge in [-0.25, -0.2) is 5.01 Å². The molecule has 0 aliphatic carbocycles. The number of aromatic amines is 1. The molecule has 42 heavy (non-hydrogen) atoms. The number of benzene rings is 4. The van der Waals surface area contributed by atoms with Gasteiger partial charge in [0.1, 0.15) is 11.5 Å². The second-order valence-electron chi connectivity index (χ2n) is 9.76. The Kier molecular flexibility index (Phi) is 7.45. The first-order valence-corrected chi connectivity index (χ1v) is 13.9. The van der Waals surface area contributed by atoms with Crippen LogP contribution < -0.4 is 15.0 Å². The molecule has 1 aromatic heterocycles. The molecule has 2 heterocycles. The number of fused-ring (bicyclic) bond motifs is 1. The van der Waals surface area contributed by atoms with Crippen LogP contribution in [-0.2, 0) is 0 Å². The summed E-state index contributed by atoms with van der Waals surface area (Å²) >= 11 is 12.9. The summed E-state index contributed by atoms with van der Waals surface area (Å²) < 4.78 is 11.2. The lowest BCUT2D eigenvalue weighted by Crippen LogP contribution is -2.27. The predicted molar refractivity (Wildman–Crippen MR) is 166 cm³/mol. The molecule has 0 radical (unpaired) electrons. The maximum atomic E-state index is 14.0. The second kappa shape index (κ2) is 11.4. The second-order valence-corrected chi connectivity index (χ2v) is 10.6. The summed E-state index contributed by atoms with van der Waals surface area (Å²) in [6.07, 6.45) is 0.231. The average Bonchev–Trinajstić information content (AvgIpc) is 3.45. The topological polar surface area (TPSA) is 84.0 Å². The van der Waals surface area contributed by atoms with E-state index in [1.54, 1.807) is 62.8 Å². The predicted octanol–water partition coefficient (Wildman–Crippen LogP) is 7.51. The first kappa shape index (κ1) is 27.6. The summed E-state index contributed by atoms with van der Waals surface area (Å²) in [5.41, 5.74) is 3.57. The maximum absolute atomic E-state index is 14.0. The smallest absolute Gasteiger partial charge is 0.276 e. The number of halogens is 2. The lowest BCUT2D eigenvalue weighted by molar-refractivity contribution is 0.0709. The van der Waals surface area contributed by atoms with Gasteiger partial charge in [-0.15, -0.1) is 0 Å². The van der Waals surface area contributed by atoms with E-state index < -0.39 is 11.9 Å². The van der Waals surface area contributed by atoms with E-state index in [1.165, 1.54) is 5.01 Å². The molecule has 0 saturated carbocycles. The Hall–Kier alpha value is -4.59. The third kappa shape index (κ3) is 4.91. The van der Waals surface area contributed by atoms with E-state index in [-0.39, 0.29) is 12.0 Å². The Balaban J connectivity index is 1.60. The van der Waals surface area contributed by atoms with Crippen LogP contribution in [0.5, 0.6) is 11.5 Å². The number of hydrogen-bond donors (Lipinski definition) is 1. The normalized spacial score (nSPS) is 14.6. The Labute approximate surface area is 251 Å². The highest BCUT2D eigenvalue weighted by Crippen LogP contribution is 2.42. The largest absolute Gasteiger partial charge is 0.497 e. The van der Waals surface area contributed by atoms with E-state index >= 15 is 0 Å². The zero-order valence-electron chi connectivity index (χ0n) is 22.7. The fourth-order valence-corrected chi connectivity index (χ4v) is 5.78. The molecule has 1 amide bonds. The molecule has 9 heteroatoms. The first-order chi connectivity index (χ1) is 20.4. The van der Waals surface area contributed by atoms with E-state index in [1.807, 2.05) is 42.5 Å². The third-order valence-corrected chi connectivity index (χ3v) is 7.91. The number of carbonyl (C=O) groups excluding carboxylic acids is 1. The van der Waals surface area contributed by atoms with Gasteiger partial charge in [-0.3, -0.25) is 9.59 Å². The molecule has 1 atom stereocenters. The number of methoxy groups -OCH3 is 2. The molecule has 0 unspecified atom stereocenters. The third-order valence-electron chi connectivity index (χ3n) is 7.35. The number of hydrazone groups is 1. The van der Waals surface area contributed by atoms with Crippen molar-refractivity contribution in [1.29, 1.82) is 0 Å². The van der Waals surface area contributed by atoms with Crippen LogP contribution in [0.4, 0.5) is 0 Å². The molecule has 6 rings (SSSR count). The number of ether oxygens (including phenoxy) is 2. The average molecular weight is 598 g/mol. The van der Waals surface area contributed by atoms with Crippen LogP contribution in [0.1, 0.15) is 33.9 Å². The molecule has 1 aliphatic heterocycles. The number of rotatable bonds is 6. The van der Waals surface area contributed by atoms with Crippen LogP contribution in [0, 0.1) is 0 Å². The van der Waals surface area contributed by atoms with Crippen LogP contribution in [-0.4, -0.2) is 35.8 Å². The monoisotopic (exact) mass is 597 g/mol. The Morgan fingerprint density at radius 2 is 1.67 bits per heavy atom. The molecule has 5 aromatic rings. The molecule has 1 N–H and O–H groups in total. The van der Waals surface area contributed by atoms with Gasteiger partial charge in [0.25, 0.3) is 11.5 Å². The van der Waals surface area contributed by atoms with Crippen molar-refractivity contribution in [3.63, 3.8) is 0 Å². The molecular formula is C33H25Cl2N3O4. The van der Waals surface area contributed by atoms with E-state index in [9.17, 15) is 9.59 Å². The number of carbonyl (C=O) groups is 1. The van der Waals surface area contributed by atoms with Crippen molar-refractivity contribution in [2.45, 2.75) is 12.5 Å². The van der Waals surface area contributed by atoms with Crippen molar-refractivity contribution >= 4 is 45.7 Å². The quantitative estimate of drug-likeness (QED) is 0.219. The number of amides is 1. The van der Waals surface area contributed by atoms with Gasteiger partial charge in [0.2, 0.25) is 0 Å². The first-order valence-electron chi connectivity index (χ1n) is 13.2. The van der Waals surface area contributed by atoms with Crippen LogP contribution >= 0.6 is 23.2 Å². The van der Waals surface area contributed by atoms with Gasteiger partial charge in [-0.1, -0.05) is 65.7 Å². The van der Waals surface area contributed by atoms with Gasteiger partial charge in [0.15, 0.2) is 0 Å². The van der Waals surface area contributed by atoms with Crippen molar-refractivity contribution in [1.82, 2.24) is 9.99 Å². The summed E-state index contributed by atoms with van der Waals surface area (Å²) in [5.74, 6) is 0.733. The minimum Gasteiger partial charge on any atom is -0.497 e. The highest BCUT2D eigenvalue weighted by molar-refractivity contribution is 6.34. The van der Waals surface area contributed by atoms with E-state index in [0.717, 1.165) is 10.9 Å². The zero-order valence-corrected chi connectivity index (χ0v) is 24.2. The van der Waals surface area contributed by atoms with Gasteiger partial charge in [-0.2, -0.15) is 5.10 Å². The molecule has 7 nitrogen and oxygen atoms in total. The summed E-state index contributed by atoms with van der Waals surface area (Å²) in [5, 5.41) is 7.80. The highest BCUT2D eigenvalue weighted by atomic mass is 35.5. The van der Waals surface area contributed by atoms with E-state index in [2.05, 4.69) is 4.98 Å². The molecule has 1 aliphatic rings. The summed E-state index contributed by atoms with van der Waals surface area (Å²) in [4.78, 5) is 30.9. The SMILES string of the molecule is COc1ccc(OC)c([C@H]2CC(c3c(-c4ccccc4)c4cc(Cl)ccc4[nH]c3=O)=NN2C(=O)c2ccccc2Cl)c1. The van der Waals surface area contributed by atoms with E-state index in [0.29, 0.717) is 55.0 Å². The molecule has 4 aromatic carbocycles. The van der Waals surface area contributed by atoms with Gasteiger partial charge in [0, 0.05) is 33.5 Å². The number of H-pyrrole nitrogens is 1. The van der Waals surface area contributed by atoms with Crippen LogP contribution in [0.15, 0.2) is 101 Å². The molecule has 0 spiro atoms. The number of hydrogen-bond acceptors (Lipinski definition) is 5. The number of aromatic nitrogens is 1. The van der Waals surface area contributed by atoms with Crippen molar-refractivity contribution in [3.05, 3.63) is 128 Å². The van der Waals surface area contributed by atoms with Crippen molar-refractivity contribution in [2.24, 2.45) is 5.10 Å². The minimum atomic E-state index is -0.619. The fourth-order valence-electron chi connectivity index (χ4n) is 5.39. The van der Waals surface area contributed by atoms with Crippen LogP contribution in [0.2, 0.25) is 10.0 Å². The van der Waals surface area contributed by atoms with Gasteiger partial charge in [-0.05, 0) is 54.1 Å². The van der Waals surface area contributed by atoms with Crippen LogP contribution in [0.3, 0.4) is 0 Å². The lowest BCUT2D eigenvalue weighted by Gasteiger charge is -2.24. The maximum Gasteiger partial charge on any atom is 0.276 e. The van der Waals surface area contributed by atoms with Crippen molar-refractivity contribution in [3.8, 4) is 22.6 Å². The lowest BCUT2D eigenvalue weighted by atomic mass is 9.90. The zero-order chi connectivity index (χ0) is 29.4. The highest BCUT2D eigenvalue weighted by Gasteiger charge is 2.38.